The van der Waals surface area contributed by atoms with E-state index in [9.17, 15) is 8.42 Å². The summed E-state index contributed by atoms with van der Waals surface area (Å²) in [5.74, 6) is 0.212. The summed E-state index contributed by atoms with van der Waals surface area (Å²) in [5.41, 5.74) is 2.41. The Morgan fingerprint density at radius 2 is 1.64 bits per heavy atom. The number of aryl methyl sites for hydroxylation is 2. The minimum atomic E-state index is -3.78. The van der Waals surface area contributed by atoms with Crippen LogP contribution in [0.15, 0.2) is 47.5 Å². The molecule has 1 aromatic heterocycles. The molecule has 0 bridgehead atoms. The molecule has 1 N–H and O–H groups in total. The Labute approximate surface area is 147 Å². The first kappa shape index (κ1) is 17.2. The summed E-state index contributed by atoms with van der Waals surface area (Å²) in [7, 11) is 0.0758. The number of aromatic nitrogens is 2. The largest absolute Gasteiger partial charge is 0.377 e. The predicted octanol–water partition coefficient (Wildman–Crippen LogP) is 3.11. The quantitative estimate of drug-likeness (QED) is 0.777. The first-order valence-electron chi connectivity index (χ1n) is 7.82. The van der Waals surface area contributed by atoms with Gasteiger partial charge in [-0.2, -0.15) is 0 Å². The van der Waals surface area contributed by atoms with Crippen molar-refractivity contribution in [3.63, 3.8) is 0 Å². The third-order valence-corrected chi connectivity index (χ3v) is 5.47. The molecule has 3 rings (SSSR count). The molecule has 0 aliphatic carbocycles. The third-order valence-electron chi connectivity index (χ3n) is 4.06. The Bertz CT molecular complexity index is 1050. The van der Waals surface area contributed by atoms with Gasteiger partial charge in [-0.1, -0.05) is 24.3 Å². The van der Waals surface area contributed by atoms with Crippen molar-refractivity contribution >= 4 is 32.3 Å². The summed E-state index contributed by atoms with van der Waals surface area (Å²) in [4.78, 5) is 10.6. The van der Waals surface area contributed by atoms with Crippen LogP contribution >= 0.6 is 0 Å². The van der Waals surface area contributed by atoms with Gasteiger partial charge in [0, 0.05) is 30.6 Å². The first-order chi connectivity index (χ1) is 11.8. The molecule has 0 radical (unpaired) electrons. The van der Waals surface area contributed by atoms with E-state index in [1.807, 2.05) is 50.2 Å². The van der Waals surface area contributed by atoms with Gasteiger partial charge in [0.15, 0.2) is 5.82 Å². The second-order valence-corrected chi connectivity index (χ2v) is 7.71. The number of hydrogen-bond acceptors (Lipinski definition) is 5. The summed E-state index contributed by atoms with van der Waals surface area (Å²) in [6, 6.07) is 10.9. The van der Waals surface area contributed by atoms with Crippen LogP contribution in [0.5, 0.6) is 0 Å². The van der Waals surface area contributed by atoms with Gasteiger partial charge >= 0.3 is 0 Å². The van der Waals surface area contributed by atoms with Crippen molar-refractivity contribution in [2.45, 2.75) is 18.7 Å². The van der Waals surface area contributed by atoms with E-state index in [4.69, 9.17) is 0 Å². The van der Waals surface area contributed by atoms with Gasteiger partial charge in [0.05, 0.1) is 22.5 Å². The van der Waals surface area contributed by atoms with Crippen molar-refractivity contribution in [3.8, 4) is 0 Å². The highest BCUT2D eigenvalue weighted by atomic mass is 32.2. The molecule has 0 unspecified atom stereocenters. The molecule has 3 aromatic rings. The molecule has 0 fully saturated rings. The lowest BCUT2D eigenvalue weighted by Gasteiger charge is -2.17. The molecule has 7 heteroatoms. The van der Waals surface area contributed by atoms with Crippen LogP contribution < -0.4 is 9.62 Å². The number of benzene rings is 2. The molecule has 130 valence electrons. The molecule has 2 aromatic carbocycles. The molecule has 0 aliphatic heterocycles. The van der Waals surface area contributed by atoms with E-state index in [0.717, 1.165) is 16.8 Å². The Morgan fingerprint density at radius 1 is 0.960 bits per heavy atom. The van der Waals surface area contributed by atoms with Crippen LogP contribution in [0.4, 0.5) is 11.5 Å². The standard InChI is InChI=1S/C18H20N4O2S/c1-12-13(2)20-18(11-19-12)21-25(23,24)17-10-6-7-14-15(17)8-5-9-16(14)22(3)4/h5-11H,1-4H3,(H,20,21). The lowest BCUT2D eigenvalue weighted by molar-refractivity contribution is 0.602. The Balaban J connectivity index is 2.11. The summed E-state index contributed by atoms with van der Waals surface area (Å²) in [6.45, 7) is 3.62. The van der Waals surface area contributed by atoms with E-state index < -0.39 is 10.0 Å². The van der Waals surface area contributed by atoms with Crippen molar-refractivity contribution in [1.82, 2.24) is 9.97 Å². The van der Waals surface area contributed by atoms with Crippen LogP contribution in [0.3, 0.4) is 0 Å². The highest BCUT2D eigenvalue weighted by Gasteiger charge is 2.19. The number of nitrogens with zero attached hydrogens (tertiary/aromatic N) is 3. The number of rotatable bonds is 4. The fourth-order valence-electron chi connectivity index (χ4n) is 2.67. The maximum absolute atomic E-state index is 12.9. The van der Waals surface area contributed by atoms with Crippen LogP contribution in [-0.4, -0.2) is 32.5 Å². The molecule has 6 nitrogen and oxygen atoms in total. The topological polar surface area (TPSA) is 75.2 Å². The molecule has 0 aliphatic rings. The summed E-state index contributed by atoms with van der Waals surface area (Å²) in [6.07, 6.45) is 1.43. The molecule has 25 heavy (non-hydrogen) atoms. The zero-order chi connectivity index (χ0) is 18.2. The molecule has 0 amide bonds. The lowest BCUT2D eigenvalue weighted by Crippen LogP contribution is -2.15. The Morgan fingerprint density at radius 3 is 2.32 bits per heavy atom. The molecule has 1 heterocycles. The van der Waals surface area contributed by atoms with Crippen molar-refractivity contribution in [3.05, 3.63) is 54.0 Å². The SMILES string of the molecule is Cc1ncc(NS(=O)(=O)c2cccc3c(N(C)C)cccc23)nc1C. The number of hydrogen-bond donors (Lipinski definition) is 1. The average Bonchev–Trinajstić information content (AvgIpc) is 2.56. The average molecular weight is 356 g/mol. The molecule has 0 saturated heterocycles. The third kappa shape index (κ3) is 3.28. The van der Waals surface area contributed by atoms with Crippen LogP contribution in [0.25, 0.3) is 10.8 Å². The number of sulfonamides is 1. The van der Waals surface area contributed by atoms with Crippen molar-refractivity contribution in [2.24, 2.45) is 0 Å². The Hall–Kier alpha value is -2.67. The second-order valence-electron chi connectivity index (χ2n) is 6.05. The van der Waals surface area contributed by atoms with Gasteiger partial charge in [0.25, 0.3) is 10.0 Å². The lowest BCUT2D eigenvalue weighted by atomic mass is 10.1. The minimum Gasteiger partial charge on any atom is -0.377 e. The maximum Gasteiger partial charge on any atom is 0.263 e. The summed E-state index contributed by atoms with van der Waals surface area (Å²) in [5, 5.41) is 1.54. The monoisotopic (exact) mass is 356 g/mol. The van der Waals surface area contributed by atoms with E-state index >= 15 is 0 Å². The normalized spacial score (nSPS) is 11.5. The fraction of sp³-hybridized carbons (Fsp3) is 0.222. The van der Waals surface area contributed by atoms with Crippen LogP contribution in [-0.2, 0) is 10.0 Å². The van der Waals surface area contributed by atoms with Gasteiger partial charge in [0.2, 0.25) is 0 Å². The van der Waals surface area contributed by atoms with Gasteiger partial charge in [-0.05, 0) is 26.0 Å². The van der Waals surface area contributed by atoms with E-state index in [1.165, 1.54) is 6.20 Å². The molecule has 0 atom stereocenters. The van der Waals surface area contributed by atoms with E-state index in [1.54, 1.807) is 19.1 Å². The van der Waals surface area contributed by atoms with Crippen LogP contribution in [0.1, 0.15) is 11.4 Å². The summed E-state index contributed by atoms with van der Waals surface area (Å²) >= 11 is 0. The van der Waals surface area contributed by atoms with Gasteiger partial charge in [-0.15, -0.1) is 0 Å². The molecular weight excluding hydrogens is 336 g/mol. The smallest absolute Gasteiger partial charge is 0.263 e. The second kappa shape index (κ2) is 6.33. The predicted molar refractivity (Wildman–Crippen MR) is 101 cm³/mol. The van der Waals surface area contributed by atoms with Crippen LogP contribution in [0.2, 0.25) is 0 Å². The fourth-order valence-corrected chi connectivity index (χ4v) is 3.88. The van der Waals surface area contributed by atoms with Gasteiger partial charge in [-0.3, -0.25) is 9.71 Å². The van der Waals surface area contributed by atoms with Crippen molar-refractivity contribution < 1.29 is 8.42 Å². The highest BCUT2D eigenvalue weighted by molar-refractivity contribution is 7.93. The van der Waals surface area contributed by atoms with Crippen molar-refractivity contribution in [1.29, 1.82) is 0 Å². The number of fused-ring (bicyclic) bond motifs is 1. The Kier molecular flexibility index (Phi) is 4.34. The molecule has 0 spiro atoms. The van der Waals surface area contributed by atoms with Crippen LogP contribution in [0, 0.1) is 13.8 Å². The number of anilines is 2. The van der Waals surface area contributed by atoms with Gasteiger partial charge in [-0.25, -0.2) is 13.4 Å². The zero-order valence-electron chi connectivity index (χ0n) is 14.6. The highest BCUT2D eigenvalue weighted by Crippen LogP contribution is 2.30. The molecular formula is C18H20N4O2S. The minimum absolute atomic E-state index is 0.212. The van der Waals surface area contributed by atoms with Crippen molar-refractivity contribution in [2.75, 3.05) is 23.7 Å². The van der Waals surface area contributed by atoms with Gasteiger partial charge < -0.3 is 4.90 Å². The summed E-state index contributed by atoms with van der Waals surface area (Å²) < 4.78 is 28.3. The molecule has 0 saturated carbocycles. The maximum atomic E-state index is 12.9. The van der Waals surface area contributed by atoms with E-state index in [-0.39, 0.29) is 10.7 Å². The number of nitrogens with one attached hydrogen (secondary N) is 1. The van der Waals surface area contributed by atoms with E-state index in [0.29, 0.717) is 11.1 Å². The first-order valence-corrected chi connectivity index (χ1v) is 9.30. The van der Waals surface area contributed by atoms with E-state index in [2.05, 4.69) is 14.7 Å². The van der Waals surface area contributed by atoms with Gasteiger partial charge in [0.1, 0.15) is 0 Å². The zero-order valence-corrected chi connectivity index (χ0v) is 15.4.